The number of hydrogen-bond acceptors (Lipinski definition) is 3. The molecule has 1 rings (SSSR count). The Morgan fingerprint density at radius 1 is 1.58 bits per heavy atom. The Morgan fingerprint density at radius 2 is 2.25 bits per heavy atom. The first-order valence-corrected chi connectivity index (χ1v) is 5.70. The van der Waals surface area contributed by atoms with E-state index in [1.165, 1.54) is 17.6 Å². The van der Waals surface area contributed by atoms with Crippen molar-refractivity contribution in [1.82, 2.24) is 5.32 Å². The van der Waals surface area contributed by atoms with Gasteiger partial charge in [-0.05, 0) is 11.5 Å². The quantitative estimate of drug-likeness (QED) is 0.635. The highest BCUT2D eigenvalue weighted by Crippen LogP contribution is 2.09. The third-order valence-electron chi connectivity index (χ3n) is 1.04. The van der Waals surface area contributed by atoms with Gasteiger partial charge in [0.05, 0.1) is 5.03 Å². The first kappa shape index (κ1) is 9.01. The van der Waals surface area contributed by atoms with Gasteiger partial charge in [-0.2, -0.15) is 8.42 Å². The largest absolute Gasteiger partial charge is 0.465 e. The summed E-state index contributed by atoms with van der Waals surface area (Å²) in [5.74, 6) is 0. The van der Waals surface area contributed by atoms with Crippen LogP contribution in [0.15, 0.2) is 22.6 Å². The molecule has 12 heavy (non-hydrogen) atoms. The number of amides is 1. The summed E-state index contributed by atoms with van der Waals surface area (Å²) in [4.78, 5) is 10.1. The standard InChI is InChI=1S/C5H5NO4S2/c7-5(8)6-4-2-1-3-11(4)12(9)10/h1-3,6H,(H,7,8). The summed E-state index contributed by atoms with van der Waals surface area (Å²) in [6.45, 7) is 0. The predicted molar refractivity (Wildman–Crippen MR) is 44.7 cm³/mol. The van der Waals surface area contributed by atoms with Gasteiger partial charge in [-0.3, -0.25) is 5.32 Å². The molecule has 1 aliphatic rings. The minimum absolute atomic E-state index is 0.191. The van der Waals surface area contributed by atoms with Crippen molar-refractivity contribution in [3.8, 4) is 0 Å². The maximum absolute atomic E-state index is 10.5. The lowest BCUT2D eigenvalue weighted by atomic mass is 10.6. The maximum Gasteiger partial charge on any atom is 0.409 e. The van der Waals surface area contributed by atoms with Crippen molar-refractivity contribution in [2.75, 3.05) is 0 Å². The number of carboxylic acid groups (broad SMARTS) is 1. The first-order valence-electron chi connectivity index (χ1n) is 2.82. The van der Waals surface area contributed by atoms with Crippen LogP contribution >= 0.6 is 0 Å². The number of carbonyl (C=O) groups is 1. The molecule has 1 amide bonds. The second-order valence-electron chi connectivity index (χ2n) is 1.79. The highest BCUT2D eigenvalue weighted by molar-refractivity contribution is 8.37. The van der Waals surface area contributed by atoms with Crippen LogP contribution in [-0.2, 0) is 18.7 Å². The van der Waals surface area contributed by atoms with Crippen LogP contribution < -0.4 is 5.32 Å². The van der Waals surface area contributed by atoms with Crippen LogP contribution in [0, 0.1) is 0 Å². The normalized spacial score (nSPS) is 20.3. The molecule has 0 saturated heterocycles. The number of rotatable bonds is 1. The fourth-order valence-electron chi connectivity index (χ4n) is 0.654. The zero-order valence-electron chi connectivity index (χ0n) is 5.72. The molecule has 0 aromatic heterocycles. The summed E-state index contributed by atoms with van der Waals surface area (Å²) in [6.07, 6.45) is 1.67. The van der Waals surface area contributed by atoms with Crippen LogP contribution in [0.25, 0.3) is 0 Å². The summed E-state index contributed by atoms with van der Waals surface area (Å²) in [6, 6.07) is 0. The Kier molecular flexibility index (Phi) is 2.66. The van der Waals surface area contributed by atoms with Gasteiger partial charge in [-0.15, -0.1) is 0 Å². The van der Waals surface area contributed by atoms with E-state index < -0.39 is 24.8 Å². The van der Waals surface area contributed by atoms with Crippen molar-refractivity contribution >= 4 is 24.8 Å². The summed E-state index contributed by atoms with van der Waals surface area (Å²) in [5, 5.41) is 11.9. The molecule has 0 bridgehead atoms. The van der Waals surface area contributed by atoms with Gasteiger partial charge in [0.2, 0.25) is 0 Å². The summed E-state index contributed by atoms with van der Waals surface area (Å²) in [5.41, 5.74) is 0. The van der Waals surface area contributed by atoms with E-state index in [0.29, 0.717) is 0 Å². The molecule has 1 unspecified atom stereocenters. The van der Waals surface area contributed by atoms with Crippen LogP contribution in [0.5, 0.6) is 0 Å². The van der Waals surface area contributed by atoms with E-state index in [2.05, 4.69) is 0 Å². The van der Waals surface area contributed by atoms with Crippen molar-refractivity contribution in [2.45, 2.75) is 0 Å². The van der Waals surface area contributed by atoms with Crippen molar-refractivity contribution in [2.24, 2.45) is 0 Å². The molecule has 1 atom stereocenters. The Morgan fingerprint density at radius 3 is 2.75 bits per heavy atom. The molecule has 0 saturated carbocycles. The topological polar surface area (TPSA) is 83.5 Å². The third-order valence-corrected chi connectivity index (χ3v) is 4.16. The molecular formula is C5H5NO4S2. The van der Waals surface area contributed by atoms with Crippen LogP contribution in [0.3, 0.4) is 0 Å². The maximum atomic E-state index is 10.5. The van der Waals surface area contributed by atoms with Crippen LogP contribution in [0.2, 0.25) is 0 Å². The average Bonchev–Trinajstić information content (AvgIpc) is 2.33. The van der Waals surface area contributed by atoms with Crippen LogP contribution in [0.4, 0.5) is 4.79 Å². The number of nitrogens with one attached hydrogen (secondary N) is 1. The average molecular weight is 207 g/mol. The van der Waals surface area contributed by atoms with E-state index in [-0.39, 0.29) is 5.03 Å². The fraction of sp³-hybridized carbons (Fsp3) is 0. The molecule has 0 spiro atoms. The summed E-state index contributed by atoms with van der Waals surface area (Å²) in [7, 11) is -3.42. The van der Waals surface area contributed by atoms with E-state index in [4.69, 9.17) is 5.11 Å². The minimum atomic E-state index is -2.29. The van der Waals surface area contributed by atoms with E-state index in [1.807, 2.05) is 5.32 Å². The molecular weight excluding hydrogens is 202 g/mol. The molecule has 7 heteroatoms. The van der Waals surface area contributed by atoms with Gasteiger partial charge < -0.3 is 5.11 Å². The van der Waals surface area contributed by atoms with E-state index in [1.54, 1.807) is 0 Å². The summed E-state index contributed by atoms with van der Waals surface area (Å²) >= 11 is 0. The second kappa shape index (κ2) is 3.55. The number of hydrogen-bond donors (Lipinski definition) is 2. The van der Waals surface area contributed by atoms with Crippen LogP contribution in [-0.4, -0.2) is 19.6 Å². The second-order valence-corrected chi connectivity index (χ2v) is 5.40. The number of allylic oxidation sites excluding steroid dienone is 2. The van der Waals surface area contributed by atoms with E-state index in [9.17, 15) is 13.2 Å². The van der Waals surface area contributed by atoms with E-state index in [0.717, 1.165) is 0 Å². The molecule has 5 nitrogen and oxygen atoms in total. The van der Waals surface area contributed by atoms with Gasteiger partial charge in [0, 0.05) is 9.45 Å². The lowest BCUT2D eigenvalue weighted by Crippen LogP contribution is -2.21. The van der Waals surface area contributed by atoms with Gasteiger partial charge in [-0.25, -0.2) is 4.79 Å². The lowest BCUT2D eigenvalue weighted by Gasteiger charge is -1.99. The molecule has 1 heterocycles. The Balaban J connectivity index is 2.98. The molecule has 0 aromatic carbocycles. The van der Waals surface area contributed by atoms with Crippen molar-refractivity contribution in [3.63, 3.8) is 0 Å². The smallest absolute Gasteiger partial charge is 0.409 e. The SMILES string of the molecule is O=C(O)NC1=CC=CS1=S(=O)=O. The molecule has 66 valence electrons. The van der Waals surface area contributed by atoms with Crippen molar-refractivity contribution in [3.05, 3.63) is 22.6 Å². The lowest BCUT2D eigenvalue weighted by molar-refractivity contribution is 0.198. The van der Waals surface area contributed by atoms with Crippen molar-refractivity contribution < 1.29 is 18.3 Å². The molecule has 0 aromatic rings. The monoisotopic (exact) mass is 207 g/mol. The minimum Gasteiger partial charge on any atom is -0.465 e. The first-order chi connectivity index (χ1) is 5.61. The van der Waals surface area contributed by atoms with Gasteiger partial charge in [0.1, 0.15) is 0 Å². The highest BCUT2D eigenvalue weighted by atomic mass is 32.9. The van der Waals surface area contributed by atoms with E-state index >= 15 is 0 Å². The predicted octanol–water partition coefficient (Wildman–Crippen LogP) is 0.0351. The fourth-order valence-corrected chi connectivity index (χ4v) is 2.86. The van der Waals surface area contributed by atoms with Gasteiger partial charge in [0.15, 0.2) is 0 Å². The van der Waals surface area contributed by atoms with Crippen molar-refractivity contribution in [1.29, 1.82) is 0 Å². The molecule has 2 N–H and O–H groups in total. The van der Waals surface area contributed by atoms with Gasteiger partial charge in [0.25, 0.3) is 9.26 Å². The Labute approximate surface area is 71.5 Å². The molecule has 0 aliphatic carbocycles. The Hall–Kier alpha value is -1.08. The van der Waals surface area contributed by atoms with Gasteiger partial charge in [-0.1, -0.05) is 6.08 Å². The molecule has 1 aliphatic heterocycles. The van der Waals surface area contributed by atoms with Crippen LogP contribution in [0.1, 0.15) is 0 Å². The van der Waals surface area contributed by atoms with Gasteiger partial charge >= 0.3 is 6.09 Å². The molecule has 0 fully saturated rings. The Bertz CT molecular complexity index is 395. The molecule has 0 radical (unpaired) electrons. The highest BCUT2D eigenvalue weighted by Gasteiger charge is 2.10. The summed E-state index contributed by atoms with van der Waals surface area (Å²) < 4.78 is 21.0. The zero-order chi connectivity index (χ0) is 9.14. The zero-order valence-corrected chi connectivity index (χ0v) is 7.35. The third kappa shape index (κ3) is 1.95.